The van der Waals surface area contributed by atoms with E-state index in [9.17, 15) is 4.79 Å². The van der Waals surface area contributed by atoms with Gasteiger partial charge in [0.15, 0.2) is 5.82 Å². The van der Waals surface area contributed by atoms with E-state index in [1.54, 1.807) is 17.4 Å². The topological polar surface area (TPSA) is 34.9 Å². The van der Waals surface area contributed by atoms with E-state index in [1.807, 2.05) is 59.5 Å². The van der Waals surface area contributed by atoms with Crippen LogP contribution in [0.1, 0.15) is 15.5 Å². The fourth-order valence-corrected chi connectivity index (χ4v) is 2.60. The van der Waals surface area contributed by atoms with Gasteiger partial charge in [0.1, 0.15) is 0 Å². The van der Waals surface area contributed by atoms with Gasteiger partial charge in [-0.1, -0.05) is 18.2 Å². The highest BCUT2D eigenvalue weighted by Crippen LogP contribution is 2.16. The van der Waals surface area contributed by atoms with Crippen molar-refractivity contribution in [2.45, 2.75) is 0 Å². The van der Waals surface area contributed by atoms with Gasteiger partial charge >= 0.3 is 0 Å². The Bertz CT molecular complexity index is 754. The third-order valence-corrected chi connectivity index (χ3v) is 3.79. The number of para-hydroxylation sites is 2. The first kappa shape index (κ1) is 11.9. The number of allylic oxidation sites excluding steroid dienone is 1. The molecule has 3 aromatic rings. The lowest BCUT2D eigenvalue weighted by Gasteiger charge is -1.97. The molecule has 0 fully saturated rings. The first-order valence-corrected chi connectivity index (χ1v) is 6.81. The highest BCUT2D eigenvalue weighted by molar-refractivity contribution is 7.10. The fourth-order valence-electron chi connectivity index (χ4n) is 1.98. The van der Waals surface area contributed by atoms with Gasteiger partial charge in [0.05, 0.1) is 11.0 Å². The van der Waals surface area contributed by atoms with Crippen molar-refractivity contribution in [3.05, 3.63) is 58.6 Å². The van der Waals surface area contributed by atoms with Crippen molar-refractivity contribution in [3.8, 4) is 0 Å². The number of carbonyl (C=O) groups is 1. The van der Waals surface area contributed by atoms with Crippen LogP contribution in [-0.2, 0) is 7.05 Å². The number of benzene rings is 1. The van der Waals surface area contributed by atoms with Crippen LogP contribution in [0.4, 0.5) is 0 Å². The molecule has 0 amide bonds. The van der Waals surface area contributed by atoms with Gasteiger partial charge in [0, 0.05) is 11.9 Å². The van der Waals surface area contributed by atoms with Crippen molar-refractivity contribution in [2.24, 2.45) is 7.05 Å². The number of fused-ring (bicyclic) bond motifs is 1. The molecule has 2 aromatic heterocycles. The Labute approximate surface area is 114 Å². The molecule has 0 aliphatic carbocycles. The first-order valence-electron chi connectivity index (χ1n) is 5.93. The zero-order valence-electron chi connectivity index (χ0n) is 10.4. The quantitative estimate of drug-likeness (QED) is 0.538. The molecule has 19 heavy (non-hydrogen) atoms. The molecular weight excluding hydrogens is 256 g/mol. The second-order valence-corrected chi connectivity index (χ2v) is 5.18. The standard InChI is InChI=1S/C15H12N2OS/c1-17-13-7-3-2-6-12(13)16-15(17)14(18)9-8-11-5-4-10-19-11/h2-10H,1H3/b9-8-. The Morgan fingerprint density at radius 1 is 1.26 bits per heavy atom. The zero-order chi connectivity index (χ0) is 13.2. The summed E-state index contributed by atoms with van der Waals surface area (Å²) in [6.45, 7) is 0. The summed E-state index contributed by atoms with van der Waals surface area (Å²) in [6, 6.07) is 11.7. The van der Waals surface area contributed by atoms with Crippen LogP contribution in [0.25, 0.3) is 17.1 Å². The highest BCUT2D eigenvalue weighted by Gasteiger charge is 2.12. The molecule has 3 nitrogen and oxygen atoms in total. The summed E-state index contributed by atoms with van der Waals surface area (Å²) in [5.74, 6) is 0.390. The van der Waals surface area contributed by atoms with Gasteiger partial charge in [-0.15, -0.1) is 11.3 Å². The van der Waals surface area contributed by atoms with Crippen molar-refractivity contribution in [1.29, 1.82) is 0 Å². The van der Waals surface area contributed by atoms with Crippen molar-refractivity contribution < 1.29 is 4.79 Å². The van der Waals surface area contributed by atoms with Crippen LogP contribution in [0.3, 0.4) is 0 Å². The first-order chi connectivity index (χ1) is 9.25. The summed E-state index contributed by atoms with van der Waals surface area (Å²) >= 11 is 1.60. The lowest BCUT2D eigenvalue weighted by atomic mass is 10.3. The highest BCUT2D eigenvalue weighted by atomic mass is 32.1. The monoisotopic (exact) mass is 268 g/mol. The van der Waals surface area contributed by atoms with Crippen LogP contribution < -0.4 is 0 Å². The number of carbonyl (C=O) groups excluding carboxylic acids is 1. The van der Waals surface area contributed by atoms with Crippen molar-refractivity contribution in [1.82, 2.24) is 9.55 Å². The van der Waals surface area contributed by atoms with Gasteiger partial charge in [-0.3, -0.25) is 4.79 Å². The SMILES string of the molecule is Cn1c(C(=O)/C=C\c2cccs2)nc2ccccc21. The van der Waals surface area contributed by atoms with E-state index in [2.05, 4.69) is 4.98 Å². The fraction of sp³-hybridized carbons (Fsp3) is 0.0667. The number of nitrogens with zero attached hydrogens (tertiary/aromatic N) is 2. The average Bonchev–Trinajstić information content (AvgIpc) is 3.05. The molecule has 0 saturated heterocycles. The number of ketones is 1. The van der Waals surface area contributed by atoms with E-state index in [-0.39, 0.29) is 5.78 Å². The predicted molar refractivity (Wildman–Crippen MR) is 78.4 cm³/mol. The Morgan fingerprint density at radius 3 is 2.84 bits per heavy atom. The van der Waals surface area contributed by atoms with Crippen LogP contribution in [0.5, 0.6) is 0 Å². The molecule has 0 unspecified atom stereocenters. The number of aromatic nitrogens is 2. The van der Waals surface area contributed by atoms with Gasteiger partial charge in [-0.25, -0.2) is 4.98 Å². The second kappa shape index (κ2) is 4.82. The summed E-state index contributed by atoms with van der Waals surface area (Å²) in [5, 5.41) is 1.99. The van der Waals surface area contributed by atoms with Crippen LogP contribution in [-0.4, -0.2) is 15.3 Å². The lowest BCUT2D eigenvalue weighted by molar-refractivity contribution is 0.103. The van der Waals surface area contributed by atoms with Gasteiger partial charge in [-0.2, -0.15) is 0 Å². The molecule has 2 heterocycles. The number of thiophene rings is 1. The van der Waals surface area contributed by atoms with Gasteiger partial charge in [0.25, 0.3) is 0 Å². The van der Waals surface area contributed by atoms with Crippen LogP contribution in [0, 0.1) is 0 Å². The summed E-state index contributed by atoms with van der Waals surface area (Å²) in [7, 11) is 1.86. The third-order valence-electron chi connectivity index (χ3n) is 2.95. The maximum atomic E-state index is 12.2. The molecule has 1 aromatic carbocycles. The Balaban J connectivity index is 1.96. The summed E-state index contributed by atoms with van der Waals surface area (Å²) in [5.41, 5.74) is 1.81. The minimum Gasteiger partial charge on any atom is -0.324 e. The lowest BCUT2D eigenvalue weighted by Crippen LogP contribution is -2.04. The molecule has 0 spiro atoms. The summed E-state index contributed by atoms with van der Waals surface area (Å²) in [6.07, 6.45) is 3.40. The van der Waals surface area contributed by atoms with E-state index in [1.165, 1.54) is 0 Å². The molecule has 4 heteroatoms. The molecule has 0 bridgehead atoms. The zero-order valence-corrected chi connectivity index (χ0v) is 11.2. The second-order valence-electron chi connectivity index (χ2n) is 4.20. The van der Waals surface area contributed by atoms with Crippen molar-refractivity contribution in [3.63, 3.8) is 0 Å². The number of imidazole rings is 1. The Kier molecular flexibility index (Phi) is 3.01. The summed E-state index contributed by atoms with van der Waals surface area (Å²) in [4.78, 5) is 17.6. The van der Waals surface area contributed by atoms with E-state index < -0.39 is 0 Å². The molecule has 0 radical (unpaired) electrons. The maximum Gasteiger partial charge on any atom is 0.221 e. The minimum atomic E-state index is -0.0768. The van der Waals surface area contributed by atoms with E-state index in [0.29, 0.717) is 5.82 Å². The van der Waals surface area contributed by atoms with Crippen LogP contribution in [0.2, 0.25) is 0 Å². The minimum absolute atomic E-state index is 0.0768. The van der Waals surface area contributed by atoms with Gasteiger partial charge in [-0.05, 0) is 35.7 Å². The molecule has 0 N–H and O–H groups in total. The van der Waals surface area contributed by atoms with Crippen LogP contribution >= 0.6 is 11.3 Å². The third kappa shape index (κ3) is 2.22. The van der Waals surface area contributed by atoms with E-state index in [0.717, 1.165) is 15.9 Å². The van der Waals surface area contributed by atoms with E-state index >= 15 is 0 Å². The number of hydrogen-bond donors (Lipinski definition) is 0. The Morgan fingerprint density at radius 2 is 2.11 bits per heavy atom. The summed E-state index contributed by atoms with van der Waals surface area (Å²) < 4.78 is 1.83. The van der Waals surface area contributed by atoms with Gasteiger partial charge in [0.2, 0.25) is 5.78 Å². The average molecular weight is 268 g/mol. The number of aryl methyl sites for hydroxylation is 1. The predicted octanol–water partition coefficient (Wildman–Crippen LogP) is 3.53. The number of rotatable bonds is 3. The molecule has 94 valence electrons. The maximum absolute atomic E-state index is 12.2. The molecule has 3 rings (SSSR count). The molecule has 0 aliphatic rings. The number of hydrogen-bond acceptors (Lipinski definition) is 3. The van der Waals surface area contributed by atoms with Crippen LogP contribution in [0.15, 0.2) is 47.9 Å². The molecule has 0 saturated carbocycles. The smallest absolute Gasteiger partial charge is 0.221 e. The largest absolute Gasteiger partial charge is 0.324 e. The van der Waals surface area contributed by atoms with Crippen molar-refractivity contribution in [2.75, 3.05) is 0 Å². The molecule has 0 atom stereocenters. The Hall–Kier alpha value is -2.20. The van der Waals surface area contributed by atoms with Crippen molar-refractivity contribution >= 4 is 34.2 Å². The van der Waals surface area contributed by atoms with Gasteiger partial charge < -0.3 is 4.57 Å². The normalized spacial score (nSPS) is 11.4. The van der Waals surface area contributed by atoms with E-state index in [4.69, 9.17) is 0 Å². The molecular formula is C15H12N2OS. The molecule has 0 aliphatic heterocycles.